The van der Waals surface area contributed by atoms with E-state index < -0.39 is 5.91 Å². The molecule has 6 nitrogen and oxygen atoms in total. The first-order chi connectivity index (χ1) is 7.45. The maximum atomic E-state index is 10.8. The van der Waals surface area contributed by atoms with E-state index in [1.807, 2.05) is 13.8 Å². The molecule has 4 N–H and O–H groups in total. The third kappa shape index (κ3) is 2.59. The molecule has 1 aromatic heterocycles. The second-order valence-corrected chi connectivity index (χ2v) is 3.65. The number of amides is 1. The number of aryl methyl sites for hydroxylation is 1. The molecule has 6 heteroatoms. The molecule has 0 atom stereocenters. The molecule has 0 radical (unpaired) electrons. The summed E-state index contributed by atoms with van der Waals surface area (Å²) in [5.74, 6) is 1.35. The fourth-order valence-electron chi connectivity index (χ4n) is 1.41. The summed E-state index contributed by atoms with van der Waals surface area (Å²) in [6.45, 7) is 3.88. The van der Waals surface area contributed by atoms with Gasteiger partial charge in [0.05, 0.1) is 6.54 Å². The molecular formula is C10H17N5O. The highest BCUT2D eigenvalue weighted by Gasteiger charge is 2.13. The van der Waals surface area contributed by atoms with Gasteiger partial charge in [0.1, 0.15) is 17.5 Å². The predicted octanol–water partition coefficient (Wildman–Crippen LogP) is -0.149. The number of aromatic nitrogens is 2. The van der Waals surface area contributed by atoms with Crippen molar-refractivity contribution < 1.29 is 4.79 Å². The summed E-state index contributed by atoms with van der Waals surface area (Å²) >= 11 is 0. The maximum Gasteiger partial charge on any atom is 0.236 e. The van der Waals surface area contributed by atoms with Gasteiger partial charge in [0.2, 0.25) is 5.91 Å². The molecule has 1 rings (SSSR count). The van der Waals surface area contributed by atoms with Gasteiger partial charge >= 0.3 is 0 Å². The Morgan fingerprint density at radius 1 is 1.44 bits per heavy atom. The van der Waals surface area contributed by atoms with Crippen molar-refractivity contribution in [2.24, 2.45) is 5.73 Å². The number of nitrogen functional groups attached to an aromatic ring is 1. The van der Waals surface area contributed by atoms with Gasteiger partial charge < -0.3 is 16.4 Å². The molecule has 0 aliphatic carbocycles. The van der Waals surface area contributed by atoms with Crippen molar-refractivity contribution in [2.75, 3.05) is 24.2 Å². The number of carbonyl (C=O) groups excluding carboxylic acids is 1. The summed E-state index contributed by atoms with van der Waals surface area (Å²) < 4.78 is 0. The summed E-state index contributed by atoms with van der Waals surface area (Å²) in [7, 11) is 1.75. The lowest BCUT2D eigenvalue weighted by Crippen LogP contribution is -2.32. The van der Waals surface area contributed by atoms with E-state index in [1.54, 1.807) is 11.9 Å². The minimum Gasteiger partial charge on any atom is -0.383 e. The Labute approximate surface area is 94.7 Å². The molecule has 1 heterocycles. The van der Waals surface area contributed by atoms with Gasteiger partial charge in [-0.05, 0) is 6.92 Å². The summed E-state index contributed by atoms with van der Waals surface area (Å²) in [5.41, 5.74) is 11.7. The van der Waals surface area contributed by atoms with Crippen molar-refractivity contribution in [3.63, 3.8) is 0 Å². The van der Waals surface area contributed by atoms with Crippen LogP contribution in [0.4, 0.5) is 11.6 Å². The van der Waals surface area contributed by atoms with Crippen LogP contribution in [0.15, 0.2) is 0 Å². The molecule has 0 saturated heterocycles. The molecule has 16 heavy (non-hydrogen) atoms. The zero-order chi connectivity index (χ0) is 12.3. The molecule has 1 aromatic rings. The SMILES string of the molecule is CCc1nc(N)c(C)c(N(C)CC(N)=O)n1. The maximum absolute atomic E-state index is 10.8. The zero-order valence-corrected chi connectivity index (χ0v) is 9.82. The molecule has 0 saturated carbocycles. The Bertz CT molecular complexity index is 404. The molecule has 0 aliphatic rings. The molecule has 0 bridgehead atoms. The minimum absolute atomic E-state index is 0.112. The van der Waals surface area contributed by atoms with Gasteiger partial charge in [-0.3, -0.25) is 4.79 Å². The van der Waals surface area contributed by atoms with Gasteiger partial charge in [-0.15, -0.1) is 0 Å². The predicted molar refractivity (Wildman–Crippen MR) is 63.0 cm³/mol. The van der Waals surface area contributed by atoms with Gasteiger partial charge in [-0.25, -0.2) is 9.97 Å². The molecular weight excluding hydrogens is 206 g/mol. The minimum atomic E-state index is -0.405. The number of nitrogens with zero attached hydrogens (tertiary/aromatic N) is 3. The summed E-state index contributed by atoms with van der Waals surface area (Å²) in [6, 6.07) is 0. The van der Waals surface area contributed by atoms with Crippen LogP contribution in [0.25, 0.3) is 0 Å². The van der Waals surface area contributed by atoms with Crippen LogP contribution in [0.1, 0.15) is 18.3 Å². The average Bonchev–Trinajstić information content (AvgIpc) is 2.20. The number of hydrogen-bond acceptors (Lipinski definition) is 5. The number of primary amides is 1. The van der Waals surface area contributed by atoms with Crippen molar-refractivity contribution in [1.82, 2.24) is 9.97 Å². The van der Waals surface area contributed by atoms with Crippen LogP contribution in [0.3, 0.4) is 0 Å². The van der Waals surface area contributed by atoms with Crippen molar-refractivity contribution in [2.45, 2.75) is 20.3 Å². The van der Waals surface area contributed by atoms with E-state index in [0.717, 1.165) is 5.56 Å². The van der Waals surface area contributed by atoms with E-state index in [9.17, 15) is 4.79 Å². The van der Waals surface area contributed by atoms with Crippen LogP contribution in [0, 0.1) is 6.92 Å². The van der Waals surface area contributed by atoms with E-state index in [2.05, 4.69) is 9.97 Å². The standard InChI is InChI=1S/C10H17N5O/c1-4-8-13-9(12)6(2)10(14-8)15(3)5-7(11)16/h4-5H2,1-3H3,(H2,11,16)(H2,12,13,14). The van der Waals surface area contributed by atoms with E-state index in [4.69, 9.17) is 11.5 Å². The monoisotopic (exact) mass is 223 g/mol. The quantitative estimate of drug-likeness (QED) is 0.739. The smallest absolute Gasteiger partial charge is 0.236 e. The lowest BCUT2D eigenvalue weighted by molar-refractivity contribution is -0.116. The zero-order valence-electron chi connectivity index (χ0n) is 9.82. The van der Waals surface area contributed by atoms with Crippen LogP contribution in [0.5, 0.6) is 0 Å². The molecule has 0 spiro atoms. The normalized spacial score (nSPS) is 10.2. The molecule has 0 unspecified atom stereocenters. The van der Waals surface area contributed by atoms with E-state index >= 15 is 0 Å². The second kappa shape index (κ2) is 4.78. The van der Waals surface area contributed by atoms with Gasteiger partial charge in [-0.1, -0.05) is 6.92 Å². The number of hydrogen-bond donors (Lipinski definition) is 2. The van der Waals surface area contributed by atoms with Crippen LogP contribution >= 0.6 is 0 Å². The van der Waals surface area contributed by atoms with Crippen molar-refractivity contribution in [3.05, 3.63) is 11.4 Å². The van der Waals surface area contributed by atoms with Crippen molar-refractivity contribution in [3.8, 4) is 0 Å². The Morgan fingerprint density at radius 3 is 2.56 bits per heavy atom. The number of anilines is 2. The lowest BCUT2D eigenvalue weighted by Gasteiger charge is -2.19. The second-order valence-electron chi connectivity index (χ2n) is 3.65. The third-order valence-electron chi connectivity index (χ3n) is 2.27. The number of nitrogens with two attached hydrogens (primary N) is 2. The lowest BCUT2D eigenvalue weighted by atomic mass is 10.2. The third-order valence-corrected chi connectivity index (χ3v) is 2.27. The molecule has 88 valence electrons. The Hall–Kier alpha value is -1.85. The van der Waals surface area contributed by atoms with Gasteiger partial charge in [0, 0.05) is 19.0 Å². The fraction of sp³-hybridized carbons (Fsp3) is 0.500. The summed E-state index contributed by atoms with van der Waals surface area (Å²) in [6.07, 6.45) is 0.696. The number of rotatable bonds is 4. The molecule has 1 amide bonds. The highest BCUT2D eigenvalue weighted by atomic mass is 16.1. The van der Waals surface area contributed by atoms with E-state index in [1.165, 1.54) is 0 Å². The first kappa shape index (κ1) is 12.2. The molecule has 0 aromatic carbocycles. The molecule has 0 fully saturated rings. The Kier molecular flexibility index (Phi) is 3.65. The average molecular weight is 223 g/mol. The topological polar surface area (TPSA) is 98.1 Å². The highest BCUT2D eigenvalue weighted by molar-refractivity contribution is 5.79. The van der Waals surface area contributed by atoms with E-state index in [-0.39, 0.29) is 6.54 Å². The molecule has 0 aliphatic heterocycles. The van der Waals surface area contributed by atoms with E-state index in [0.29, 0.717) is 23.9 Å². The van der Waals surface area contributed by atoms with Crippen LogP contribution in [0.2, 0.25) is 0 Å². The van der Waals surface area contributed by atoms with Crippen LogP contribution < -0.4 is 16.4 Å². The Morgan fingerprint density at radius 2 is 2.06 bits per heavy atom. The summed E-state index contributed by atoms with van der Waals surface area (Å²) in [4.78, 5) is 21.0. The van der Waals surface area contributed by atoms with Crippen LogP contribution in [-0.4, -0.2) is 29.5 Å². The van der Waals surface area contributed by atoms with Gasteiger partial charge in [-0.2, -0.15) is 0 Å². The fourth-order valence-corrected chi connectivity index (χ4v) is 1.41. The first-order valence-corrected chi connectivity index (χ1v) is 5.08. The van der Waals surface area contributed by atoms with Crippen LogP contribution in [-0.2, 0) is 11.2 Å². The number of likely N-dealkylation sites (N-methyl/N-ethyl adjacent to an activating group) is 1. The van der Waals surface area contributed by atoms with Gasteiger partial charge in [0.25, 0.3) is 0 Å². The van der Waals surface area contributed by atoms with Gasteiger partial charge in [0.15, 0.2) is 0 Å². The Balaban J connectivity index is 3.10. The number of carbonyl (C=O) groups is 1. The van der Waals surface area contributed by atoms with Crippen molar-refractivity contribution in [1.29, 1.82) is 0 Å². The van der Waals surface area contributed by atoms with Crippen molar-refractivity contribution >= 4 is 17.5 Å². The summed E-state index contributed by atoms with van der Waals surface area (Å²) in [5, 5.41) is 0. The first-order valence-electron chi connectivity index (χ1n) is 5.08. The largest absolute Gasteiger partial charge is 0.383 e. The highest BCUT2D eigenvalue weighted by Crippen LogP contribution is 2.20.